The molecule has 0 aliphatic carbocycles. The molecular weight excluding hydrogens is 314 g/mol. The predicted molar refractivity (Wildman–Crippen MR) is 76.9 cm³/mol. The minimum Gasteiger partial charge on any atom is -0.380 e. The lowest BCUT2D eigenvalue weighted by Crippen LogP contribution is -2.54. The average molecular weight is 331 g/mol. The number of piperidine rings is 1. The number of halogens is 4. The number of allylic oxidation sites excluding steroid dienone is 1. The molecule has 1 aliphatic rings. The Hall–Kier alpha value is -1.89. The summed E-state index contributed by atoms with van der Waals surface area (Å²) in [7, 11) is 0. The van der Waals surface area contributed by atoms with Crippen molar-refractivity contribution in [3.8, 4) is 0 Å². The lowest BCUT2D eigenvalue weighted by molar-refractivity contribution is -0.271. The molecule has 1 aromatic carbocycles. The number of benzene rings is 1. The van der Waals surface area contributed by atoms with Crippen molar-refractivity contribution >= 4 is 11.5 Å². The summed E-state index contributed by atoms with van der Waals surface area (Å²) in [6.07, 6.45) is -4.45. The lowest BCUT2D eigenvalue weighted by Gasteiger charge is -2.38. The fraction of sp³-hybridized carbons (Fsp3) is 0.438. The van der Waals surface area contributed by atoms with Crippen LogP contribution in [0.3, 0.4) is 0 Å². The van der Waals surface area contributed by atoms with Crippen LogP contribution < -0.4 is 0 Å². The van der Waals surface area contributed by atoms with E-state index in [4.69, 9.17) is 0 Å². The summed E-state index contributed by atoms with van der Waals surface area (Å²) in [4.78, 5) is 13.4. The van der Waals surface area contributed by atoms with Gasteiger partial charge in [0.25, 0.3) is 0 Å². The van der Waals surface area contributed by atoms with E-state index in [1.807, 2.05) is 0 Å². The Kier molecular flexibility index (Phi) is 4.79. The third-order valence-electron chi connectivity index (χ3n) is 4.07. The molecule has 0 unspecified atom stereocenters. The van der Waals surface area contributed by atoms with Crippen molar-refractivity contribution in [1.29, 1.82) is 0 Å². The Labute approximate surface area is 131 Å². The highest BCUT2D eigenvalue weighted by Crippen LogP contribution is 2.38. The zero-order chi connectivity index (χ0) is 17.3. The molecular formula is C16H17F4NO2. The first-order chi connectivity index (χ1) is 10.6. The van der Waals surface area contributed by atoms with E-state index < -0.39 is 36.3 Å². The molecule has 0 aromatic heterocycles. The second-order valence-corrected chi connectivity index (χ2v) is 5.69. The summed E-state index contributed by atoms with van der Waals surface area (Å²) in [6.45, 7) is 1.34. The van der Waals surface area contributed by atoms with Gasteiger partial charge in [-0.25, -0.2) is 4.39 Å². The molecule has 1 amide bonds. The molecule has 0 spiro atoms. The highest BCUT2D eigenvalue weighted by Gasteiger charge is 2.54. The predicted octanol–water partition coefficient (Wildman–Crippen LogP) is 3.14. The molecule has 126 valence electrons. The van der Waals surface area contributed by atoms with E-state index >= 15 is 0 Å². The van der Waals surface area contributed by atoms with Crippen LogP contribution in [0.2, 0.25) is 0 Å². The largest absolute Gasteiger partial charge is 0.417 e. The van der Waals surface area contributed by atoms with E-state index in [2.05, 4.69) is 0 Å². The minimum atomic E-state index is -4.69. The maximum absolute atomic E-state index is 12.9. The van der Waals surface area contributed by atoms with Gasteiger partial charge in [-0.1, -0.05) is 12.1 Å². The van der Waals surface area contributed by atoms with Gasteiger partial charge in [-0.3, -0.25) is 4.79 Å². The molecule has 0 bridgehead atoms. The minimum absolute atomic E-state index is 0.165. The fourth-order valence-electron chi connectivity index (χ4n) is 2.45. The maximum atomic E-state index is 12.9. The van der Waals surface area contributed by atoms with Crippen LogP contribution in [0.25, 0.3) is 5.57 Å². The molecule has 0 atom stereocenters. The Bertz CT molecular complexity index is 600. The van der Waals surface area contributed by atoms with Gasteiger partial charge >= 0.3 is 6.18 Å². The molecule has 1 aromatic rings. The van der Waals surface area contributed by atoms with Gasteiger partial charge < -0.3 is 10.0 Å². The number of alkyl halides is 3. The summed E-state index contributed by atoms with van der Waals surface area (Å²) >= 11 is 0. The van der Waals surface area contributed by atoms with Crippen LogP contribution in [-0.2, 0) is 4.79 Å². The van der Waals surface area contributed by atoms with Crippen molar-refractivity contribution in [3.05, 3.63) is 41.7 Å². The molecule has 1 aliphatic heterocycles. The number of carbonyl (C=O) groups excluding carboxylic acids is 1. The summed E-state index contributed by atoms with van der Waals surface area (Å²) in [5.41, 5.74) is -1.48. The molecule has 7 heteroatoms. The molecule has 0 radical (unpaired) electrons. The molecule has 23 heavy (non-hydrogen) atoms. The first-order valence-corrected chi connectivity index (χ1v) is 7.15. The first kappa shape index (κ1) is 17.5. The maximum Gasteiger partial charge on any atom is 0.417 e. The number of likely N-dealkylation sites (tertiary alicyclic amines) is 1. The van der Waals surface area contributed by atoms with Crippen LogP contribution in [0.4, 0.5) is 17.6 Å². The topological polar surface area (TPSA) is 40.5 Å². The van der Waals surface area contributed by atoms with E-state index in [0.717, 1.165) is 0 Å². The van der Waals surface area contributed by atoms with E-state index in [-0.39, 0.29) is 13.1 Å². The van der Waals surface area contributed by atoms with Gasteiger partial charge in [0.05, 0.1) is 0 Å². The zero-order valence-corrected chi connectivity index (χ0v) is 12.5. The number of hydrogen-bond donors (Lipinski definition) is 1. The van der Waals surface area contributed by atoms with Gasteiger partial charge in [0.15, 0.2) is 5.60 Å². The highest BCUT2D eigenvalue weighted by molar-refractivity contribution is 5.94. The van der Waals surface area contributed by atoms with Crippen LogP contribution in [0.15, 0.2) is 30.3 Å². The van der Waals surface area contributed by atoms with Crippen LogP contribution in [0.1, 0.15) is 25.3 Å². The van der Waals surface area contributed by atoms with Gasteiger partial charge in [-0.2, -0.15) is 13.2 Å². The Morgan fingerprint density at radius 2 is 1.74 bits per heavy atom. The van der Waals surface area contributed by atoms with Crippen LogP contribution in [0.5, 0.6) is 0 Å². The van der Waals surface area contributed by atoms with E-state index in [1.54, 1.807) is 6.92 Å². The van der Waals surface area contributed by atoms with Gasteiger partial charge in [0.1, 0.15) is 5.82 Å². The van der Waals surface area contributed by atoms with Crippen LogP contribution >= 0.6 is 0 Å². The molecule has 3 nitrogen and oxygen atoms in total. The first-order valence-electron chi connectivity index (χ1n) is 7.15. The van der Waals surface area contributed by atoms with Crippen LogP contribution in [0, 0.1) is 5.82 Å². The second-order valence-electron chi connectivity index (χ2n) is 5.69. The van der Waals surface area contributed by atoms with Crippen molar-refractivity contribution in [2.24, 2.45) is 0 Å². The Balaban J connectivity index is 2.02. The zero-order valence-electron chi connectivity index (χ0n) is 12.5. The molecule has 0 saturated carbocycles. The third kappa shape index (κ3) is 3.90. The summed E-state index contributed by atoms with van der Waals surface area (Å²) in [6, 6.07) is 5.57. The van der Waals surface area contributed by atoms with Gasteiger partial charge in [-0.15, -0.1) is 0 Å². The third-order valence-corrected chi connectivity index (χ3v) is 4.07. The summed E-state index contributed by atoms with van der Waals surface area (Å²) in [5.74, 6) is -0.814. The standard InChI is InChI=1S/C16H17F4NO2/c1-11(12-2-4-13(17)5-3-12)10-14(22)21-8-6-15(23,7-9-21)16(18,19)20/h2-5,10,23H,6-9H2,1H3/b11-10-. The van der Waals surface area contributed by atoms with Gasteiger partial charge in [-0.05, 0) is 30.2 Å². The molecule has 2 rings (SSSR count). The number of rotatable bonds is 2. The van der Waals surface area contributed by atoms with Crippen LogP contribution in [-0.4, -0.2) is 40.8 Å². The van der Waals surface area contributed by atoms with E-state index in [1.165, 1.54) is 35.2 Å². The number of aliphatic hydroxyl groups is 1. The Morgan fingerprint density at radius 3 is 2.22 bits per heavy atom. The number of nitrogens with zero attached hydrogens (tertiary/aromatic N) is 1. The van der Waals surface area contributed by atoms with E-state index in [0.29, 0.717) is 11.1 Å². The molecule has 1 heterocycles. The highest BCUT2D eigenvalue weighted by atomic mass is 19.4. The fourth-order valence-corrected chi connectivity index (χ4v) is 2.45. The monoisotopic (exact) mass is 331 g/mol. The SMILES string of the molecule is C/C(=C/C(=O)N1CCC(O)(C(F)(F)F)CC1)c1ccc(F)cc1. The molecule has 1 N–H and O–H groups in total. The van der Waals surface area contributed by atoms with Crippen molar-refractivity contribution in [1.82, 2.24) is 4.90 Å². The number of amides is 1. The van der Waals surface area contributed by atoms with Crippen molar-refractivity contribution in [2.45, 2.75) is 31.5 Å². The number of carbonyl (C=O) groups is 1. The van der Waals surface area contributed by atoms with Gasteiger partial charge in [0, 0.05) is 32.0 Å². The summed E-state index contributed by atoms with van der Waals surface area (Å²) < 4.78 is 51.0. The van der Waals surface area contributed by atoms with Crippen molar-refractivity contribution in [3.63, 3.8) is 0 Å². The average Bonchev–Trinajstić information content (AvgIpc) is 2.47. The molecule has 1 fully saturated rings. The van der Waals surface area contributed by atoms with Crippen molar-refractivity contribution < 1.29 is 27.5 Å². The quantitative estimate of drug-likeness (QED) is 0.668. The molecule has 1 saturated heterocycles. The summed E-state index contributed by atoms with van der Waals surface area (Å²) in [5, 5.41) is 9.58. The van der Waals surface area contributed by atoms with Crippen molar-refractivity contribution in [2.75, 3.05) is 13.1 Å². The second kappa shape index (κ2) is 6.31. The lowest BCUT2D eigenvalue weighted by atomic mass is 9.90. The van der Waals surface area contributed by atoms with Gasteiger partial charge in [0.2, 0.25) is 5.91 Å². The van der Waals surface area contributed by atoms with E-state index in [9.17, 15) is 27.5 Å². The normalized spacial score (nSPS) is 18.9. The smallest absolute Gasteiger partial charge is 0.380 e. The Morgan fingerprint density at radius 1 is 1.22 bits per heavy atom. The number of hydrogen-bond acceptors (Lipinski definition) is 2.